The van der Waals surface area contributed by atoms with Gasteiger partial charge in [0, 0.05) is 11.5 Å². The first-order valence-corrected chi connectivity index (χ1v) is 10.8. The summed E-state index contributed by atoms with van der Waals surface area (Å²) >= 11 is 0. The molecular formula is C29H23NO3. The van der Waals surface area contributed by atoms with Gasteiger partial charge in [-0.15, -0.1) is 0 Å². The molecule has 162 valence electrons. The summed E-state index contributed by atoms with van der Waals surface area (Å²) in [5, 5.41) is 4.40. The van der Waals surface area contributed by atoms with E-state index in [0.29, 0.717) is 23.8 Å². The van der Waals surface area contributed by atoms with Crippen LogP contribution in [0.4, 0.5) is 11.4 Å². The molecule has 4 nitrogen and oxygen atoms in total. The molecule has 33 heavy (non-hydrogen) atoms. The van der Waals surface area contributed by atoms with E-state index in [9.17, 15) is 4.79 Å². The Morgan fingerprint density at radius 1 is 0.727 bits per heavy atom. The number of amides is 1. The fourth-order valence-corrected chi connectivity index (χ4v) is 4.18. The lowest BCUT2D eigenvalue weighted by atomic mass is 10.1. The molecule has 0 heterocycles. The molecule has 0 radical (unpaired) electrons. The van der Waals surface area contributed by atoms with E-state index in [2.05, 4.69) is 24.3 Å². The molecule has 5 aromatic carbocycles. The Hall–Kier alpha value is -4.31. The van der Waals surface area contributed by atoms with Crippen molar-refractivity contribution in [3.05, 3.63) is 109 Å². The van der Waals surface area contributed by atoms with Gasteiger partial charge in [0.15, 0.2) is 11.5 Å². The molecule has 0 fully saturated rings. The van der Waals surface area contributed by atoms with Gasteiger partial charge in [-0.2, -0.15) is 0 Å². The van der Waals surface area contributed by atoms with Crippen molar-refractivity contribution in [3.8, 4) is 11.5 Å². The molecule has 0 unspecified atom stereocenters. The molecule has 0 aliphatic rings. The Morgan fingerprint density at radius 3 is 2.15 bits per heavy atom. The molecule has 4 heteroatoms. The smallest absolute Gasteiger partial charge is 0.218 e. The summed E-state index contributed by atoms with van der Waals surface area (Å²) in [4.78, 5) is 13.8. The predicted molar refractivity (Wildman–Crippen MR) is 133 cm³/mol. The number of methoxy groups -OCH3 is 1. The fraction of sp³-hybridized carbons (Fsp3) is 0.0690. The largest absolute Gasteiger partial charge is 0.493 e. The van der Waals surface area contributed by atoms with Crippen molar-refractivity contribution in [2.45, 2.75) is 6.61 Å². The molecule has 0 spiro atoms. The Kier molecular flexibility index (Phi) is 5.64. The van der Waals surface area contributed by atoms with Gasteiger partial charge in [0.05, 0.1) is 18.5 Å². The Morgan fingerprint density at radius 2 is 1.39 bits per heavy atom. The van der Waals surface area contributed by atoms with Crippen LogP contribution in [0.1, 0.15) is 5.56 Å². The number of fused-ring (bicyclic) bond motifs is 2. The second-order valence-electron chi connectivity index (χ2n) is 7.74. The highest BCUT2D eigenvalue weighted by Crippen LogP contribution is 2.37. The van der Waals surface area contributed by atoms with Crippen molar-refractivity contribution < 1.29 is 14.3 Å². The molecule has 5 aromatic rings. The minimum Gasteiger partial charge on any atom is -0.493 e. The van der Waals surface area contributed by atoms with Crippen LogP contribution in [0.15, 0.2) is 103 Å². The monoisotopic (exact) mass is 433 g/mol. The van der Waals surface area contributed by atoms with Gasteiger partial charge >= 0.3 is 0 Å². The molecule has 5 rings (SSSR count). The Labute approximate surface area is 192 Å². The highest BCUT2D eigenvalue weighted by atomic mass is 16.5. The van der Waals surface area contributed by atoms with Gasteiger partial charge in [-0.1, -0.05) is 78.9 Å². The van der Waals surface area contributed by atoms with Crippen LogP contribution in [0.3, 0.4) is 0 Å². The number of benzene rings is 5. The molecule has 0 saturated carbocycles. The van der Waals surface area contributed by atoms with Gasteiger partial charge < -0.3 is 9.47 Å². The van der Waals surface area contributed by atoms with E-state index in [-0.39, 0.29) is 0 Å². The van der Waals surface area contributed by atoms with E-state index < -0.39 is 0 Å². The first-order valence-electron chi connectivity index (χ1n) is 10.8. The number of hydrogen-bond acceptors (Lipinski definition) is 3. The van der Waals surface area contributed by atoms with E-state index in [0.717, 1.165) is 33.8 Å². The standard InChI is InChI=1S/C29H23NO3/c1-32-28-17-16-24(30(20-31)27-15-7-11-22-9-3-5-14-26(22)27)18-29(28)33-19-23-12-6-10-21-8-2-4-13-25(21)23/h2-18,20H,19H2,1H3. The molecule has 0 aromatic heterocycles. The Bertz CT molecular complexity index is 1430. The molecule has 1 amide bonds. The predicted octanol–water partition coefficient (Wildman–Crippen LogP) is 6.88. The summed E-state index contributed by atoms with van der Waals surface area (Å²) in [7, 11) is 1.61. The lowest BCUT2D eigenvalue weighted by Crippen LogP contribution is -2.14. The third-order valence-electron chi connectivity index (χ3n) is 5.82. The summed E-state index contributed by atoms with van der Waals surface area (Å²) in [6.45, 7) is 0.385. The first-order chi connectivity index (χ1) is 16.3. The van der Waals surface area contributed by atoms with Gasteiger partial charge in [0.25, 0.3) is 0 Å². The zero-order valence-electron chi connectivity index (χ0n) is 18.3. The van der Waals surface area contributed by atoms with Crippen molar-refractivity contribution in [2.24, 2.45) is 0 Å². The van der Waals surface area contributed by atoms with Crippen molar-refractivity contribution >= 4 is 39.3 Å². The van der Waals surface area contributed by atoms with Crippen LogP contribution in [0.25, 0.3) is 21.5 Å². The molecular weight excluding hydrogens is 410 g/mol. The molecule has 0 saturated heterocycles. The fourth-order valence-electron chi connectivity index (χ4n) is 4.18. The van der Waals surface area contributed by atoms with Crippen LogP contribution >= 0.6 is 0 Å². The zero-order chi connectivity index (χ0) is 22.6. The number of anilines is 2. The summed E-state index contributed by atoms with van der Waals surface area (Å²) in [6, 6.07) is 33.9. The maximum absolute atomic E-state index is 12.2. The van der Waals surface area contributed by atoms with E-state index in [4.69, 9.17) is 9.47 Å². The molecule has 0 atom stereocenters. The molecule has 0 aliphatic heterocycles. The summed E-state index contributed by atoms with van der Waals surface area (Å²) in [5.74, 6) is 1.19. The lowest BCUT2D eigenvalue weighted by Gasteiger charge is -2.21. The number of hydrogen-bond donors (Lipinski definition) is 0. The quantitative estimate of drug-likeness (QED) is 0.263. The van der Waals surface area contributed by atoms with Gasteiger partial charge in [-0.05, 0) is 39.9 Å². The van der Waals surface area contributed by atoms with E-state index in [1.165, 1.54) is 5.39 Å². The highest BCUT2D eigenvalue weighted by Gasteiger charge is 2.15. The normalized spacial score (nSPS) is 10.8. The third-order valence-corrected chi connectivity index (χ3v) is 5.82. The van der Waals surface area contributed by atoms with Crippen LogP contribution in [0.2, 0.25) is 0 Å². The van der Waals surface area contributed by atoms with Crippen molar-refractivity contribution in [1.29, 1.82) is 0 Å². The topological polar surface area (TPSA) is 38.8 Å². The average molecular weight is 434 g/mol. The third kappa shape index (κ3) is 3.99. The van der Waals surface area contributed by atoms with Crippen LogP contribution in [-0.2, 0) is 11.4 Å². The number of carbonyl (C=O) groups is 1. The zero-order valence-corrected chi connectivity index (χ0v) is 18.3. The van der Waals surface area contributed by atoms with E-state index >= 15 is 0 Å². The lowest BCUT2D eigenvalue weighted by molar-refractivity contribution is -0.106. The van der Waals surface area contributed by atoms with Crippen LogP contribution in [0.5, 0.6) is 11.5 Å². The average Bonchev–Trinajstić information content (AvgIpc) is 2.88. The summed E-state index contributed by atoms with van der Waals surface area (Å²) in [6.07, 6.45) is 0.831. The van der Waals surface area contributed by atoms with Gasteiger partial charge in [-0.25, -0.2) is 0 Å². The maximum atomic E-state index is 12.2. The van der Waals surface area contributed by atoms with Gasteiger partial charge in [0.1, 0.15) is 6.61 Å². The minimum absolute atomic E-state index is 0.385. The van der Waals surface area contributed by atoms with Crippen LogP contribution in [0, 0.1) is 0 Å². The highest BCUT2D eigenvalue weighted by molar-refractivity contribution is 6.02. The summed E-state index contributed by atoms with van der Waals surface area (Å²) in [5.41, 5.74) is 2.60. The van der Waals surface area contributed by atoms with E-state index in [1.54, 1.807) is 12.0 Å². The van der Waals surface area contributed by atoms with Crippen molar-refractivity contribution in [2.75, 3.05) is 12.0 Å². The Balaban J connectivity index is 1.50. The van der Waals surface area contributed by atoms with Crippen molar-refractivity contribution in [1.82, 2.24) is 0 Å². The maximum Gasteiger partial charge on any atom is 0.218 e. The summed E-state index contributed by atoms with van der Waals surface area (Å²) < 4.78 is 11.7. The van der Waals surface area contributed by atoms with Gasteiger partial charge in [-0.3, -0.25) is 9.69 Å². The van der Waals surface area contributed by atoms with Crippen LogP contribution < -0.4 is 14.4 Å². The minimum atomic E-state index is 0.385. The van der Waals surface area contributed by atoms with Crippen molar-refractivity contribution in [3.63, 3.8) is 0 Å². The molecule has 0 aliphatic carbocycles. The first kappa shape index (κ1) is 20.6. The second-order valence-corrected chi connectivity index (χ2v) is 7.74. The second kappa shape index (κ2) is 9.05. The van der Waals surface area contributed by atoms with E-state index in [1.807, 2.05) is 78.9 Å². The number of rotatable bonds is 7. The molecule has 0 bridgehead atoms. The number of nitrogens with zero attached hydrogens (tertiary/aromatic N) is 1. The van der Waals surface area contributed by atoms with Gasteiger partial charge in [0.2, 0.25) is 6.41 Å². The number of ether oxygens (including phenoxy) is 2. The van der Waals surface area contributed by atoms with Crippen LogP contribution in [-0.4, -0.2) is 13.5 Å². The number of carbonyl (C=O) groups excluding carboxylic acids is 1. The SMILES string of the molecule is COc1ccc(N(C=O)c2cccc3ccccc23)cc1OCc1cccc2ccccc12. The molecule has 0 N–H and O–H groups in total.